The summed E-state index contributed by atoms with van der Waals surface area (Å²) >= 11 is 5.88. The lowest BCUT2D eigenvalue weighted by molar-refractivity contribution is -0.149. The van der Waals surface area contributed by atoms with Gasteiger partial charge in [0, 0.05) is 11.4 Å². The minimum absolute atomic E-state index is 0.0623. The van der Waals surface area contributed by atoms with Gasteiger partial charge in [0.25, 0.3) is 0 Å². The number of hydrogen-bond donors (Lipinski definition) is 2. The molecule has 1 amide bonds. The third-order valence-corrected chi connectivity index (χ3v) is 3.14. The van der Waals surface area contributed by atoms with Gasteiger partial charge in [0.05, 0.1) is 11.5 Å². The number of aliphatic carboxylic acids is 1. The Labute approximate surface area is 117 Å². The Morgan fingerprint density at radius 3 is 2.58 bits per heavy atom. The zero-order valence-electron chi connectivity index (χ0n) is 11.2. The molecular formula is C14H18ClNO3. The molecule has 1 atom stereocenters. The fourth-order valence-electron chi connectivity index (χ4n) is 1.63. The van der Waals surface area contributed by atoms with Gasteiger partial charge in [-0.15, -0.1) is 0 Å². The van der Waals surface area contributed by atoms with Gasteiger partial charge < -0.3 is 10.4 Å². The predicted molar refractivity (Wildman–Crippen MR) is 74.0 cm³/mol. The molecule has 0 aliphatic heterocycles. The zero-order chi connectivity index (χ0) is 14.6. The van der Waals surface area contributed by atoms with Crippen molar-refractivity contribution in [3.8, 4) is 0 Å². The normalized spacial score (nSPS) is 12.8. The van der Waals surface area contributed by atoms with Crippen LogP contribution >= 0.6 is 11.6 Å². The maximum atomic E-state index is 11.8. The lowest BCUT2D eigenvalue weighted by Gasteiger charge is -2.20. The maximum Gasteiger partial charge on any atom is 0.309 e. The molecular weight excluding hydrogens is 266 g/mol. The van der Waals surface area contributed by atoms with Crippen molar-refractivity contribution in [3.63, 3.8) is 0 Å². The van der Waals surface area contributed by atoms with Gasteiger partial charge in [-0.1, -0.05) is 23.7 Å². The van der Waals surface area contributed by atoms with Crippen molar-refractivity contribution in [3.05, 3.63) is 34.9 Å². The van der Waals surface area contributed by atoms with E-state index < -0.39 is 11.4 Å². The molecule has 0 saturated carbocycles. The number of hydrogen-bond acceptors (Lipinski definition) is 2. The highest BCUT2D eigenvalue weighted by atomic mass is 35.5. The van der Waals surface area contributed by atoms with Gasteiger partial charge in [-0.25, -0.2) is 0 Å². The molecule has 1 aromatic rings. The van der Waals surface area contributed by atoms with E-state index >= 15 is 0 Å². The SMILES string of the molecule is C[C@@H](NC(=O)CC(C)(C)C(=O)O)c1cccc(Cl)c1. The van der Waals surface area contributed by atoms with E-state index in [0.29, 0.717) is 5.02 Å². The Kier molecular flexibility index (Phi) is 4.95. The molecule has 19 heavy (non-hydrogen) atoms. The van der Waals surface area contributed by atoms with E-state index in [2.05, 4.69) is 5.32 Å². The van der Waals surface area contributed by atoms with E-state index in [-0.39, 0.29) is 18.4 Å². The van der Waals surface area contributed by atoms with Crippen LogP contribution in [0.3, 0.4) is 0 Å². The van der Waals surface area contributed by atoms with Gasteiger partial charge in [0.2, 0.25) is 5.91 Å². The fraction of sp³-hybridized carbons (Fsp3) is 0.429. The first-order chi connectivity index (χ1) is 8.72. The van der Waals surface area contributed by atoms with Crippen LogP contribution < -0.4 is 5.32 Å². The molecule has 0 fully saturated rings. The molecule has 1 aromatic carbocycles. The van der Waals surface area contributed by atoms with E-state index in [9.17, 15) is 9.59 Å². The molecule has 0 aliphatic rings. The number of amides is 1. The van der Waals surface area contributed by atoms with Gasteiger partial charge in [-0.2, -0.15) is 0 Å². The maximum absolute atomic E-state index is 11.8. The van der Waals surface area contributed by atoms with Crippen molar-refractivity contribution < 1.29 is 14.7 Å². The third kappa shape index (κ3) is 4.56. The Morgan fingerprint density at radius 2 is 2.05 bits per heavy atom. The number of carboxylic acids is 1. The second-order valence-electron chi connectivity index (χ2n) is 5.21. The van der Waals surface area contributed by atoms with Crippen molar-refractivity contribution >= 4 is 23.5 Å². The second-order valence-corrected chi connectivity index (χ2v) is 5.65. The summed E-state index contributed by atoms with van der Waals surface area (Å²) in [6.07, 6.45) is -0.0623. The summed E-state index contributed by atoms with van der Waals surface area (Å²) < 4.78 is 0. The Hall–Kier alpha value is -1.55. The first-order valence-corrected chi connectivity index (χ1v) is 6.38. The Balaban J connectivity index is 2.65. The quantitative estimate of drug-likeness (QED) is 0.873. The number of carboxylic acid groups (broad SMARTS) is 1. The van der Waals surface area contributed by atoms with Gasteiger partial charge in [0.15, 0.2) is 0 Å². The van der Waals surface area contributed by atoms with Crippen LogP contribution in [0.1, 0.15) is 38.8 Å². The van der Waals surface area contributed by atoms with Crippen molar-refractivity contribution in [2.75, 3.05) is 0 Å². The number of nitrogens with one attached hydrogen (secondary N) is 1. The van der Waals surface area contributed by atoms with Crippen LogP contribution in [0.2, 0.25) is 5.02 Å². The van der Waals surface area contributed by atoms with Gasteiger partial charge in [-0.3, -0.25) is 9.59 Å². The molecule has 0 spiro atoms. The number of rotatable bonds is 5. The fourth-order valence-corrected chi connectivity index (χ4v) is 1.83. The van der Waals surface area contributed by atoms with E-state index in [1.165, 1.54) is 13.8 Å². The molecule has 0 aromatic heterocycles. The first-order valence-electron chi connectivity index (χ1n) is 6.00. The van der Waals surface area contributed by atoms with Crippen LogP contribution in [-0.2, 0) is 9.59 Å². The van der Waals surface area contributed by atoms with Crippen LogP contribution in [0.5, 0.6) is 0 Å². The molecule has 0 saturated heterocycles. The van der Waals surface area contributed by atoms with Gasteiger partial charge in [0.1, 0.15) is 0 Å². The standard InChI is InChI=1S/C14H18ClNO3/c1-9(10-5-4-6-11(15)7-10)16-12(17)8-14(2,3)13(18)19/h4-7,9H,8H2,1-3H3,(H,16,17)(H,18,19)/t9-/m1/s1. The predicted octanol–water partition coefficient (Wildman–Crippen LogP) is 3.02. The highest BCUT2D eigenvalue weighted by molar-refractivity contribution is 6.30. The van der Waals surface area contributed by atoms with Crippen molar-refractivity contribution in [2.45, 2.75) is 33.2 Å². The topological polar surface area (TPSA) is 66.4 Å². The molecule has 2 N–H and O–H groups in total. The summed E-state index contributed by atoms with van der Waals surface area (Å²) in [5, 5.41) is 12.4. The minimum atomic E-state index is -1.07. The molecule has 0 bridgehead atoms. The summed E-state index contributed by atoms with van der Waals surface area (Å²) in [6, 6.07) is 6.98. The average molecular weight is 284 g/mol. The monoisotopic (exact) mass is 283 g/mol. The van der Waals surface area contributed by atoms with Crippen LogP contribution in [-0.4, -0.2) is 17.0 Å². The molecule has 0 radical (unpaired) electrons. The van der Waals surface area contributed by atoms with Crippen molar-refractivity contribution in [2.24, 2.45) is 5.41 Å². The average Bonchev–Trinajstić information content (AvgIpc) is 2.27. The number of carbonyl (C=O) groups excluding carboxylic acids is 1. The van der Waals surface area contributed by atoms with Crippen LogP contribution in [0.25, 0.3) is 0 Å². The molecule has 0 aliphatic carbocycles. The van der Waals surface area contributed by atoms with Gasteiger partial charge >= 0.3 is 5.97 Å². The van der Waals surface area contributed by atoms with Crippen LogP contribution in [0.15, 0.2) is 24.3 Å². The lowest BCUT2D eigenvalue weighted by Crippen LogP contribution is -2.34. The van der Waals surface area contributed by atoms with Crippen LogP contribution in [0, 0.1) is 5.41 Å². The summed E-state index contributed by atoms with van der Waals surface area (Å²) in [4.78, 5) is 22.8. The molecule has 104 valence electrons. The van der Waals surface area contributed by atoms with Crippen LogP contribution in [0.4, 0.5) is 0 Å². The van der Waals surface area contributed by atoms with E-state index in [1.807, 2.05) is 19.1 Å². The Bertz CT molecular complexity index is 485. The number of benzene rings is 1. The smallest absolute Gasteiger partial charge is 0.309 e. The van der Waals surface area contributed by atoms with Gasteiger partial charge in [-0.05, 0) is 38.5 Å². The van der Waals surface area contributed by atoms with Crippen molar-refractivity contribution in [1.82, 2.24) is 5.32 Å². The largest absolute Gasteiger partial charge is 0.481 e. The molecule has 4 nitrogen and oxygen atoms in total. The summed E-state index contributed by atoms with van der Waals surface area (Å²) in [6.45, 7) is 4.88. The summed E-state index contributed by atoms with van der Waals surface area (Å²) in [7, 11) is 0. The molecule has 0 heterocycles. The molecule has 0 unspecified atom stereocenters. The van der Waals surface area contributed by atoms with Crippen molar-refractivity contribution in [1.29, 1.82) is 0 Å². The van der Waals surface area contributed by atoms with E-state index in [0.717, 1.165) is 5.56 Å². The van der Waals surface area contributed by atoms with E-state index in [1.54, 1.807) is 12.1 Å². The minimum Gasteiger partial charge on any atom is -0.481 e. The molecule has 1 rings (SSSR count). The Morgan fingerprint density at radius 1 is 1.42 bits per heavy atom. The lowest BCUT2D eigenvalue weighted by atomic mass is 9.89. The number of halogens is 1. The molecule has 5 heteroatoms. The van der Waals surface area contributed by atoms with E-state index in [4.69, 9.17) is 16.7 Å². The highest BCUT2D eigenvalue weighted by Gasteiger charge is 2.30. The second kappa shape index (κ2) is 6.06. The first kappa shape index (κ1) is 15.5. The number of carbonyl (C=O) groups is 2. The summed E-state index contributed by atoms with van der Waals surface area (Å²) in [5.74, 6) is -1.28. The highest BCUT2D eigenvalue weighted by Crippen LogP contribution is 2.22. The summed E-state index contributed by atoms with van der Waals surface area (Å²) in [5.41, 5.74) is -0.188. The third-order valence-electron chi connectivity index (χ3n) is 2.91. The zero-order valence-corrected chi connectivity index (χ0v) is 12.0.